The molecule has 1 aliphatic rings. The quantitative estimate of drug-likeness (QED) is 0.825. The molecule has 128 valence electrons. The van der Waals surface area contributed by atoms with Crippen molar-refractivity contribution >= 4 is 15.9 Å². The van der Waals surface area contributed by atoms with E-state index in [4.69, 9.17) is 0 Å². The SMILES string of the molecule is Cc1cccc(CS(=O)(=O)N2CCN(C(=O)CC(C)C)CC2)c1. The van der Waals surface area contributed by atoms with E-state index in [2.05, 4.69) is 0 Å². The third-order valence-corrected chi connectivity index (χ3v) is 5.85. The number of nitrogens with zero attached hydrogens (tertiary/aromatic N) is 2. The molecule has 0 atom stereocenters. The highest BCUT2D eigenvalue weighted by Crippen LogP contribution is 2.15. The number of benzene rings is 1. The summed E-state index contributed by atoms with van der Waals surface area (Å²) in [7, 11) is -3.33. The van der Waals surface area contributed by atoms with Crippen molar-refractivity contribution in [1.82, 2.24) is 9.21 Å². The van der Waals surface area contributed by atoms with Gasteiger partial charge >= 0.3 is 0 Å². The Hall–Kier alpha value is -1.40. The first kappa shape index (κ1) is 17.9. The van der Waals surface area contributed by atoms with Gasteiger partial charge in [-0.05, 0) is 18.4 Å². The molecule has 0 radical (unpaired) electrons. The lowest BCUT2D eigenvalue weighted by molar-refractivity contribution is -0.133. The first-order valence-corrected chi connectivity index (χ1v) is 9.70. The fraction of sp³-hybridized carbons (Fsp3) is 0.588. The molecule has 1 fully saturated rings. The fourth-order valence-corrected chi connectivity index (χ4v) is 4.30. The molecule has 1 aromatic carbocycles. The Morgan fingerprint density at radius 2 is 1.83 bits per heavy atom. The minimum Gasteiger partial charge on any atom is -0.340 e. The van der Waals surface area contributed by atoms with Crippen LogP contribution in [0.25, 0.3) is 0 Å². The van der Waals surface area contributed by atoms with Crippen molar-refractivity contribution in [2.24, 2.45) is 5.92 Å². The maximum atomic E-state index is 12.5. The van der Waals surface area contributed by atoms with Gasteiger partial charge in [-0.2, -0.15) is 4.31 Å². The van der Waals surface area contributed by atoms with Crippen molar-refractivity contribution in [2.45, 2.75) is 32.9 Å². The predicted molar refractivity (Wildman–Crippen MR) is 91.4 cm³/mol. The van der Waals surface area contributed by atoms with Crippen molar-refractivity contribution in [3.05, 3.63) is 35.4 Å². The fourth-order valence-electron chi connectivity index (χ4n) is 2.80. The third-order valence-electron chi connectivity index (χ3n) is 4.00. The van der Waals surface area contributed by atoms with Crippen LogP contribution in [0.2, 0.25) is 0 Å². The summed E-state index contributed by atoms with van der Waals surface area (Å²) >= 11 is 0. The van der Waals surface area contributed by atoms with Crippen LogP contribution in [-0.4, -0.2) is 49.7 Å². The van der Waals surface area contributed by atoms with E-state index in [1.807, 2.05) is 45.0 Å². The second-order valence-corrected chi connectivity index (χ2v) is 8.59. The summed E-state index contributed by atoms with van der Waals surface area (Å²) in [6.45, 7) is 7.73. The standard InChI is InChI=1S/C17H26N2O3S/c1-14(2)11-17(20)18-7-9-19(10-8-18)23(21,22)13-16-6-4-5-15(3)12-16/h4-6,12,14H,7-11,13H2,1-3H3. The van der Waals surface area contributed by atoms with Crippen LogP contribution < -0.4 is 0 Å². The minimum absolute atomic E-state index is 0.0224. The molecule has 0 unspecified atom stereocenters. The first-order chi connectivity index (χ1) is 10.8. The highest BCUT2D eigenvalue weighted by molar-refractivity contribution is 7.88. The smallest absolute Gasteiger partial charge is 0.222 e. The molecule has 0 saturated carbocycles. The molecule has 2 rings (SSSR count). The Morgan fingerprint density at radius 1 is 1.17 bits per heavy atom. The summed E-state index contributed by atoms with van der Waals surface area (Å²) in [5.74, 6) is 0.468. The summed E-state index contributed by atoms with van der Waals surface area (Å²) in [6.07, 6.45) is 0.524. The molecule has 1 saturated heterocycles. The second-order valence-electron chi connectivity index (χ2n) is 6.62. The lowest BCUT2D eigenvalue weighted by Crippen LogP contribution is -2.50. The Kier molecular flexibility index (Phi) is 5.81. The van der Waals surface area contributed by atoms with Crippen LogP contribution in [0.15, 0.2) is 24.3 Å². The number of carbonyl (C=O) groups is 1. The van der Waals surface area contributed by atoms with Crippen LogP contribution in [0.4, 0.5) is 0 Å². The first-order valence-electron chi connectivity index (χ1n) is 8.09. The molecule has 0 spiro atoms. The maximum Gasteiger partial charge on any atom is 0.222 e. The van der Waals surface area contributed by atoms with Crippen LogP contribution in [0.5, 0.6) is 0 Å². The summed E-state index contributed by atoms with van der Waals surface area (Å²) < 4.78 is 26.6. The van der Waals surface area contributed by atoms with E-state index in [0.717, 1.165) is 11.1 Å². The highest BCUT2D eigenvalue weighted by Gasteiger charge is 2.28. The molecule has 1 heterocycles. The number of hydrogen-bond donors (Lipinski definition) is 0. The van der Waals surface area contributed by atoms with E-state index in [1.165, 1.54) is 4.31 Å². The van der Waals surface area contributed by atoms with Crippen molar-refractivity contribution in [1.29, 1.82) is 0 Å². The van der Waals surface area contributed by atoms with Gasteiger partial charge in [0.2, 0.25) is 15.9 Å². The number of amides is 1. The van der Waals surface area contributed by atoms with Crippen LogP contribution in [0, 0.1) is 12.8 Å². The van der Waals surface area contributed by atoms with Crippen molar-refractivity contribution in [2.75, 3.05) is 26.2 Å². The molecule has 1 aromatic rings. The van der Waals surface area contributed by atoms with E-state index in [9.17, 15) is 13.2 Å². The maximum absolute atomic E-state index is 12.5. The molecule has 0 aliphatic carbocycles. The Morgan fingerprint density at radius 3 is 2.39 bits per heavy atom. The average molecular weight is 338 g/mol. The van der Waals surface area contributed by atoms with E-state index >= 15 is 0 Å². The van der Waals surface area contributed by atoms with Gasteiger partial charge < -0.3 is 4.90 Å². The lowest BCUT2D eigenvalue weighted by atomic mass is 10.1. The largest absolute Gasteiger partial charge is 0.340 e. The van der Waals surface area contributed by atoms with Crippen LogP contribution in [0.3, 0.4) is 0 Å². The zero-order valence-electron chi connectivity index (χ0n) is 14.2. The number of carbonyl (C=O) groups excluding carboxylic acids is 1. The van der Waals surface area contributed by atoms with Gasteiger partial charge in [0.1, 0.15) is 0 Å². The average Bonchev–Trinajstić information content (AvgIpc) is 2.46. The molecule has 6 heteroatoms. The minimum atomic E-state index is -3.33. The monoisotopic (exact) mass is 338 g/mol. The van der Waals surface area contributed by atoms with Gasteiger partial charge in [0.05, 0.1) is 5.75 Å². The second kappa shape index (κ2) is 7.45. The third kappa shape index (κ3) is 5.04. The molecule has 5 nitrogen and oxygen atoms in total. The number of hydrogen-bond acceptors (Lipinski definition) is 3. The number of piperazine rings is 1. The normalized spacial score (nSPS) is 16.8. The predicted octanol–water partition coefficient (Wildman–Crippen LogP) is 2.02. The van der Waals surface area contributed by atoms with Gasteiger partial charge in [0, 0.05) is 32.6 Å². The van der Waals surface area contributed by atoms with Gasteiger partial charge in [-0.1, -0.05) is 43.7 Å². The van der Waals surface area contributed by atoms with E-state index in [1.54, 1.807) is 4.90 Å². The summed E-state index contributed by atoms with van der Waals surface area (Å²) in [6, 6.07) is 7.57. The van der Waals surface area contributed by atoms with Crippen LogP contribution in [-0.2, 0) is 20.6 Å². The molecule has 0 N–H and O–H groups in total. The van der Waals surface area contributed by atoms with Crippen LogP contribution >= 0.6 is 0 Å². The molecule has 0 bridgehead atoms. The van der Waals surface area contributed by atoms with Gasteiger partial charge in [-0.3, -0.25) is 4.79 Å². The van der Waals surface area contributed by atoms with Crippen LogP contribution in [0.1, 0.15) is 31.4 Å². The number of aryl methyl sites for hydroxylation is 1. The van der Waals surface area contributed by atoms with Gasteiger partial charge in [0.25, 0.3) is 0 Å². The van der Waals surface area contributed by atoms with Crippen molar-refractivity contribution in [3.8, 4) is 0 Å². The molecule has 23 heavy (non-hydrogen) atoms. The van der Waals surface area contributed by atoms with Crippen molar-refractivity contribution in [3.63, 3.8) is 0 Å². The zero-order chi connectivity index (χ0) is 17.0. The van der Waals surface area contributed by atoms with Crippen molar-refractivity contribution < 1.29 is 13.2 Å². The van der Waals surface area contributed by atoms with Gasteiger partial charge in [0.15, 0.2) is 0 Å². The molecule has 1 aliphatic heterocycles. The number of sulfonamides is 1. The number of rotatable bonds is 5. The van der Waals surface area contributed by atoms with E-state index in [-0.39, 0.29) is 11.7 Å². The Bertz CT molecular complexity index is 648. The molecule has 0 aromatic heterocycles. The van der Waals surface area contributed by atoms with E-state index < -0.39 is 10.0 Å². The Balaban J connectivity index is 1.94. The summed E-state index contributed by atoms with van der Waals surface area (Å²) in [4.78, 5) is 13.8. The van der Waals surface area contributed by atoms with Gasteiger partial charge in [-0.25, -0.2) is 8.42 Å². The lowest BCUT2D eigenvalue weighted by Gasteiger charge is -2.34. The Labute approximate surface area is 139 Å². The van der Waals surface area contributed by atoms with E-state index in [0.29, 0.717) is 38.5 Å². The summed E-state index contributed by atoms with van der Waals surface area (Å²) in [5.41, 5.74) is 1.87. The topological polar surface area (TPSA) is 57.7 Å². The van der Waals surface area contributed by atoms with Gasteiger partial charge in [-0.15, -0.1) is 0 Å². The molecular formula is C17H26N2O3S. The molecule has 1 amide bonds. The highest BCUT2D eigenvalue weighted by atomic mass is 32.2. The molecular weight excluding hydrogens is 312 g/mol. The zero-order valence-corrected chi connectivity index (χ0v) is 15.0. The summed E-state index contributed by atoms with van der Waals surface area (Å²) in [5, 5.41) is 0.